The smallest absolute Gasteiger partial charge is 0.273 e. The summed E-state index contributed by atoms with van der Waals surface area (Å²) < 4.78 is 20.6. The molecule has 2 atom stereocenters. The van der Waals surface area contributed by atoms with Gasteiger partial charge in [-0.3, -0.25) is 10.1 Å². The van der Waals surface area contributed by atoms with Crippen molar-refractivity contribution < 1.29 is 23.9 Å². The average molecular weight is 554 g/mol. The molecule has 2 aromatic heterocycles. The number of fused-ring (bicyclic) bond motifs is 2. The number of alkyl halides is 1. The third kappa shape index (κ3) is 7.85. The molecular formula is C30H42FN6O3+. The van der Waals surface area contributed by atoms with Crippen LogP contribution in [-0.2, 0) is 22.4 Å². The van der Waals surface area contributed by atoms with E-state index in [2.05, 4.69) is 32.7 Å². The van der Waals surface area contributed by atoms with Gasteiger partial charge in [-0.15, -0.1) is 4.98 Å². The molecule has 0 fully saturated rings. The van der Waals surface area contributed by atoms with E-state index in [1.54, 1.807) is 6.92 Å². The monoisotopic (exact) mass is 553 g/mol. The maximum Gasteiger partial charge on any atom is 0.273 e. The number of rotatable bonds is 15. The van der Waals surface area contributed by atoms with Crippen LogP contribution in [-0.4, -0.2) is 78.0 Å². The van der Waals surface area contributed by atoms with Gasteiger partial charge in [-0.05, 0) is 69.3 Å². The summed E-state index contributed by atoms with van der Waals surface area (Å²) in [4.78, 5) is 23.9. The number of unbranched alkanes of at least 4 members (excludes halogenated alkanes) is 1. The van der Waals surface area contributed by atoms with E-state index >= 15 is 0 Å². The van der Waals surface area contributed by atoms with Crippen molar-refractivity contribution in [3.8, 4) is 0 Å². The number of nitrogens with one attached hydrogen (secondary N) is 2. The van der Waals surface area contributed by atoms with Gasteiger partial charge in [0.2, 0.25) is 0 Å². The minimum absolute atomic E-state index is 0.0315. The Morgan fingerprint density at radius 2 is 2.05 bits per heavy atom. The molecule has 0 bridgehead atoms. The van der Waals surface area contributed by atoms with Crippen molar-refractivity contribution in [2.75, 3.05) is 50.5 Å². The number of para-hydroxylation sites is 1. The van der Waals surface area contributed by atoms with E-state index in [4.69, 9.17) is 9.72 Å². The zero-order valence-corrected chi connectivity index (χ0v) is 23.8. The number of nitrogens with zero attached hydrogens (tertiary/aromatic N) is 4. The van der Waals surface area contributed by atoms with E-state index in [0.29, 0.717) is 36.5 Å². The Morgan fingerprint density at radius 1 is 1.23 bits per heavy atom. The number of aryl methyl sites for hydroxylation is 3. The molecule has 3 aromatic rings. The third-order valence-electron chi connectivity index (χ3n) is 7.41. The van der Waals surface area contributed by atoms with E-state index in [1.165, 1.54) is 19.6 Å². The normalized spacial score (nSPS) is 14.5. The van der Waals surface area contributed by atoms with Crippen molar-refractivity contribution in [1.82, 2.24) is 14.9 Å². The summed E-state index contributed by atoms with van der Waals surface area (Å²) in [7, 11) is 1.50. The molecule has 40 heavy (non-hydrogen) atoms. The van der Waals surface area contributed by atoms with E-state index in [0.717, 1.165) is 60.4 Å². The second-order valence-electron chi connectivity index (χ2n) is 10.6. The molecule has 0 saturated heterocycles. The van der Waals surface area contributed by atoms with Gasteiger partial charge in [0.25, 0.3) is 11.6 Å². The van der Waals surface area contributed by atoms with E-state index in [9.17, 15) is 14.4 Å². The van der Waals surface area contributed by atoms with Crippen molar-refractivity contribution in [1.29, 1.82) is 0 Å². The number of anilines is 2. The largest absolute Gasteiger partial charge is 0.382 e. The van der Waals surface area contributed by atoms with E-state index < -0.39 is 12.2 Å². The van der Waals surface area contributed by atoms with Crippen LogP contribution in [0.2, 0.25) is 0 Å². The number of carbonyl (C=O) groups excluding carboxylic acids is 1. The Morgan fingerprint density at radius 3 is 2.85 bits per heavy atom. The van der Waals surface area contributed by atoms with Crippen molar-refractivity contribution in [3.05, 3.63) is 53.5 Å². The average Bonchev–Trinajstić information content (AvgIpc) is 2.94. The lowest BCUT2D eigenvalue weighted by Gasteiger charge is -2.25. The molecule has 1 aliphatic heterocycles. The van der Waals surface area contributed by atoms with E-state index in [1.807, 2.05) is 24.3 Å². The number of pyridine rings is 1. The summed E-state index contributed by atoms with van der Waals surface area (Å²) in [5.74, 6) is 1.78. The highest BCUT2D eigenvalue weighted by atomic mass is 19.1. The molecule has 3 heterocycles. The quantitative estimate of drug-likeness (QED) is 0.148. The fourth-order valence-corrected chi connectivity index (χ4v) is 5.22. The Balaban J connectivity index is 1.37. The van der Waals surface area contributed by atoms with Gasteiger partial charge in [-0.1, -0.05) is 22.9 Å². The number of ketones is 1. The van der Waals surface area contributed by atoms with Crippen LogP contribution in [0.4, 0.5) is 16.0 Å². The van der Waals surface area contributed by atoms with Crippen LogP contribution in [0.25, 0.3) is 10.9 Å². The number of methoxy groups -OCH3 is 1. The summed E-state index contributed by atoms with van der Waals surface area (Å²) in [5, 5.41) is 18.0. The highest BCUT2D eigenvalue weighted by Gasteiger charge is 2.25. The third-order valence-corrected chi connectivity index (χ3v) is 7.41. The first kappa shape index (κ1) is 29.6. The molecule has 0 spiro atoms. The highest BCUT2D eigenvalue weighted by Crippen LogP contribution is 2.21. The molecule has 0 amide bonds. The molecule has 1 aliphatic rings. The topological polar surface area (TPSA) is 103 Å². The van der Waals surface area contributed by atoms with Crippen molar-refractivity contribution in [2.24, 2.45) is 0 Å². The molecule has 3 N–H and O–H groups in total. The molecule has 9 nitrogen and oxygen atoms in total. The number of ether oxygens (including phenoxy) is 1. The molecule has 0 radical (unpaired) electrons. The number of Topliss-reactive ketones (excluding diaryl/α,β-unsaturated/α-hetero) is 1. The van der Waals surface area contributed by atoms with Gasteiger partial charge >= 0.3 is 0 Å². The van der Waals surface area contributed by atoms with Crippen molar-refractivity contribution in [2.45, 2.75) is 64.6 Å². The van der Waals surface area contributed by atoms with Crippen LogP contribution in [0.1, 0.15) is 49.7 Å². The minimum atomic E-state index is -1.12. The summed E-state index contributed by atoms with van der Waals surface area (Å²) >= 11 is 0. The van der Waals surface area contributed by atoms with Gasteiger partial charge in [-0.25, -0.2) is 9.37 Å². The zero-order chi connectivity index (χ0) is 28.5. The first-order chi connectivity index (χ1) is 19.4. The maximum absolute atomic E-state index is 14.6. The Hall–Kier alpha value is -3.37. The van der Waals surface area contributed by atoms with Crippen LogP contribution in [0.3, 0.4) is 0 Å². The Kier molecular flexibility index (Phi) is 10.6. The molecule has 0 aliphatic carbocycles. The molecular weight excluding hydrogens is 511 g/mol. The van der Waals surface area contributed by atoms with Gasteiger partial charge in [0, 0.05) is 45.8 Å². The van der Waals surface area contributed by atoms with Crippen LogP contribution in [0, 0.1) is 6.92 Å². The fraction of sp³-hybridized carbons (Fsp3) is 0.533. The molecule has 10 heteroatoms. The number of benzene rings is 1. The number of aromatic nitrogens is 3. The Bertz CT molecular complexity index is 1290. The Labute approximate surface area is 235 Å². The van der Waals surface area contributed by atoms with Gasteiger partial charge < -0.3 is 20.2 Å². The summed E-state index contributed by atoms with van der Waals surface area (Å²) in [6.45, 7) is 5.69. The lowest BCUT2D eigenvalue weighted by Crippen LogP contribution is -2.43. The van der Waals surface area contributed by atoms with Crippen molar-refractivity contribution in [3.63, 3.8) is 0 Å². The minimum Gasteiger partial charge on any atom is -0.382 e. The van der Waals surface area contributed by atoms with Gasteiger partial charge in [0.05, 0.1) is 12.0 Å². The molecule has 216 valence electrons. The van der Waals surface area contributed by atoms with E-state index in [-0.39, 0.29) is 18.9 Å². The summed E-state index contributed by atoms with van der Waals surface area (Å²) in [5.41, 5.74) is 3.07. The van der Waals surface area contributed by atoms with Crippen molar-refractivity contribution >= 4 is 28.3 Å². The highest BCUT2D eigenvalue weighted by molar-refractivity contribution is 5.90. The number of hydrogen-bond donors (Lipinski definition) is 3. The molecule has 4 rings (SSSR count). The van der Waals surface area contributed by atoms with Crippen LogP contribution in [0.5, 0.6) is 0 Å². The first-order valence-electron chi connectivity index (χ1n) is 14.2. The summed E-state index contributed by atoms with van der Waals surface area (Å²) in [6.07, 6.45) is 4.24. The van der Waals surface area contributed by atoms with Crippen LogP contribution >= 0.6 is 0 Å². The lowest BCUT2D eigenvalue weighted by molar-refractivity contribution is -0.898. The lowest BCUT2D eigenvalue weighted by atomic mass is 10.1. The number of hydrogen-bond acceptors (Lipinski definition) is 8. The molecule has 0 unspecified atom stereocenters. The second kappa shape index (κ2) is 14.3. The fourth-order valence-electron chi connectivity index (χ4n) is 5.22. The first-order valence-corrected chi connectivity index (χ1v) is 14.2. The van der Waals surface area contributed by atoms with Crippen LogP contribution in [0.15, 0.2) is 36.4 Å². The predicted octanol–water partition coefficient (Wildman–Crippen LogP) is 3.89. The standard InChI is InChI=1S/C30H41FN6O3/c1-21(38)27(35-30-26-11-4-5-12-28(26)33-22(2)37(30)39)15-18-36(19-24(31)20-40-3)17-7-6-10-25-14-13-23-9-8-16-32-29(23)34-25/h4-5,11-14,24,27,39H,6-10,15-20H2,1-3H3,(H,32,34)/p+1/t24-,27-/m0/s1. The second-order valence-corrected chi connectivity index (χ2v) is 10.6. The zero-order valence-electron chi connectivity index (χ0n) is 23.8. The summed E-state index contributed by atoms with van der Waals surface area (Å²) in [6, 6.07) is 11.2. The number of halogens is 1. The van der Waals surface area contributed by atoms with Gasteiger partial charge in [-0.2, -0.15) is 0 Å². The molecule has 1 aromatic carbocycles. The predicted molar refractivity (Wildman–Crippen MR) is 154 cm³/mol. The number of carbonyl (C=O) groups is 1. The van der Waals surface area contributed by atoms with Gasteiger partial charge in [0.15, 0.2) is 11.3 Å². The van der Waals surface area contributed by atoms with Gasteiger partial charge in [0.1, 0.15) is 18.0 Å². The maximum atomic E-state index is 14.6. The van der Waals surface area contributed by atoms with Crippen LogP contribution < -0.4 is 15.4 Å². The SMILES string of the molecule is COC[C@@H](F)CN(CCCCc1ccc2c(n1)NCCC2)CC[C@H](Nc1c2ccccc2nc(C)[n+]1O)C(C)=O. The molecule has 0 saturated carbocycles.